The Morgan fingerprint density at radius 1 is 0.348 bits per heavy atom. The molecule has 0 unspecified atom stereocenters. The van der Waals surface area contributed by atoms with Gasteiger partial charge in [-0.05, 0) is 95.9 Å². The molecule has 0 radical (unpaired) electrons. The minimum absolute atomic E-state index is 0.528. The van der Waals surface area contributed by atoms with E-state index in [0.29, 0.717) is 0 Å². The lowest BCUT2D eigenvalue weighted by molar-refractivity contribution is 0.771. The van der Waals surface area contributed by atoms with Gasteiger partial charge in [0.25, 0.3) is 0 Å². The van der Waals surface area contributed by atoms with Gasteiger partial charge in [-0.3, -0.25) is 0 Å². The monoisotopic (exact) mass is 604 g/mol. The van der Waals surface area contributed by atoms with Gasteiger partial charge in [0.15, 0.2) is 0 Å². The second-order valence-electron chi connectivity index (χ2n) is 12.2. The summed E-state index contributed by atoms with van der Waals surface area (Å²) in [4.78, 5) is 0. The van der Waals surface area contributed by atoms with Gasteiger partial charge in [0.2, 0.25) is 0 Å². The maximum atomic E-state index is 7.08. The van der Waals surface area contributed by atoms with Crippen LogP contribution in [0.1, 0.15) is 22.3 Å². The van der Waals surface area contributed by atoms with Crippen LogP contribution in [0.5, 0.6) is 0 Å². The van der Waals surface area contributed by atoms with Gasteiger partial charge in [-0.25, -0.2) is 0 Å². The van der Waals surface area contributed by atoms with Gasteiger partial charge in [0, 0.05) is 10.6 Å². The van der Waals surface area contributed by atoms with E-state index in [2.05, 4.69) is 170 Å². The molecule has 1 heteroatoms. The summed E-state index contributed by atoms with van der Waals surface area (Å²) in [5.41, 5.74) is 11.6. The summed E-state index contributed by atoms with van der Waals surface area (Å²) in [5.74, 6) is 0. The predicted molar refractivity (Wildman–Crippen MR) is 195 cm³/mol. The Balaban J connectivity index is 1.39. The number of hydrogen-bond acceptors (Lipinski definition) is 0. The van der Waals surface area contributed by atoms with Crippen LogP contribution >= 0.6 is 11.6 Å². The van der Waals surface area contributed by atoms with Crippen molar-refractivity contribution in [3.63, 3.8) is 0 Å². The van der Waals surface area contributed by atoms with E-state index in [0.717, 1.165) is 21.7 Å². The van der Waals surface area contributed by atoms with Gasteiger partial charge < -0.3 is 0 Å². The number of halogens is 1. The Morgan fingerprint density at radius 2 is 0.913 bits per heavy atom. The van der Waals surface area contributed by atoms with Crippen molar-refractivity contribution in [2.24, 2.45) is 0 Å². The first kappa shape index (κ1) is 26.9. The third-order valence-corrected chi connectivity index (χ3v) is 10.1. The summed E-state index contributed by atoms with van der Waals surface area (Å²) < 4.78 is 0. The van der Waals surface area contributed by atoms with Crippen molar-refractivity contribution in [2.75, 3.05) is 0 Å². The molecule has 0 N–H and O–H groups in total. The zero-order chi connectivity index (χ0) is 30.7. The van der Waals surface area contributed by atoms with Crippen molar-refractivity contribution in [2.45, 2.75) is 5.41 Å². The topological polar surface area (TPSA) is 0 Å². The molecule has 8 aromatic rings. The molecule has 1 aliphatic carbocycles. The summed E-state index contributed by atoms with van der Waals surface area (Å²) in [6.07, 6.45) is 0. The Kier molecular flexibility index (Phi) is 6.20. The molecular weight excluding hydrogens is 576 g/mol. The molecule has 0 atom stereocenters. The van der Waals surface area contributed by atoms with Crippen LogP contribution in [0, 0.1) is 0 Å². The summed E-state index contributed by atoms with van der Waals surface area (Å²) in [6, 6.07) is 64.0. The molecule has 8 aromatic carbocycles. The fourth-order valence-corrected chi connectivity index (χ4v) is 7.95. The lowest BCUT2D eigenvalue weighted by Gasteiger charge is -2.34. The van der Waals surface area contributed by atoms with E-state index in [1.807, 2.05) is 6.07 Å². The Morgan fingerprint density at radius 3 is 1.61 bits per heavy atom. The lowest BCUT2D eigenvalue weighted by Crippen LogP contribution is -2.28. The van der Waals surface area contributed by atoms with Crippen LogP contribution in [-0.4, -0.2) is 0 Å². The standard InChI is InChI=1S/C45H29Cl/c46-43-26-23-35(30-11-2-1-3-12-30)29-40(43)38-18-10-20-42-44(38)39-17-8-9-19-41(39)45(42,36-24-21-31-13-4-6-15-33(31)27-36)37-25-22-32-14-5-7-16-34(32)28-37/h1-29H. The van der Waals surface area contributed by atoms with Gasteiger partial charge in [0.05, 0.1) is 5.41 Å². The molecule has 0 aliphatic heterocycles. The zero-order valence-electron chi connectivity index (χ0n) is 25.1. The van der Waals surface area contributed by atoms with E-state index in [-0.39, 0.29) is 0 Å². The van der Waals surface area contributed by atoms with Crippen LogP contribution in [0.3, 0.4) is 0 Å². The Hall–Kier alpha value is -5.43. The van der Waals surface area contributed by atoms with Crippen LogP contribution in [0.2, 0.25) is 5.02 Å². The largest absolute Gasteiger partial charge is 0.0837 e. The summed E-state index contributed by atoms with van der Waals surface area (Å²) >= 11 is 7.08. The van der Waals surface area contributed by atoms with Crippen LogP contribution in [0.4, 0.5) is 0 Å². The summed E-state index contributed by atoms with van der Waals surface area (Å²) in [5, 5.41) is 5.70. The van der Waals surface area contributed by atoms with E-state index < -0.39 is 5.41 Å². The van der Waals surface area contributed by atoms with E-state index in [1.165, 1.54) is 60.5 Å². The van der Waals surface area contributed by atoms with Gasteiger partial charge in [-0.1, -0.05) is 163 Å². The summed E-state index contributed by atoms with van der Waals surface area (Å²) in [6.45, 7) is 0. The fourth-order valence-electron chi connectivity index (χ4n) is 7.73. The van der Waals surface area contributed by atoms with Crippen molar-refractivity contribution in [1.82, 2.24) is 0 Å². The minimum atomic E-state index is -0.528. The second kappa shape index (κ2) is 10.6. The normalized spacial score (nSPS) is 13.1. The molecule has 0 saturated heterocycles. The maximum Gasteiger partial charge on any atom is 0.0714 e. The number of hydrogen-bond donors (Lipinski definition) is 0. The molecule has 1 aliphatic rings. The minimum Gasteiger partial charge on any atom is -0.0837 e. The van der Waals surface area contributed by atoms with Gasteiger partial charge in [-0.15, -0.1) is 0 Å². The molecular formula is C45H29Cl. The first-order chi connectivity index (χ1) is 22.7. The fraction of sp³-hybridized carbons (Fsp3) is 0.0222. The molecule has 46 heavy (non-hydrogen) atoms. The second-order valence-corrected chi connectivity index (χ2v) is 12.6. The third-order valence-electron chi connectivity index (χ3n) is 9.80. The van der Waals surface area contributed by atoms with Crippen LogP contribution in [-0.2, 0) is 5.41 Å². The molecule has 0 bridgehead atoms. The van der Waals surface area contributed by atoms with Crippen LogP contribution in [0.25, 0.3) is 54.9 Å². The molecule has 0 aromatic heterocycles. The highest BCUT2D eigenvalue weighted by Gasteiger charge is 2.47. The number of fused-ring (bicyclic) bond motifs is 5. The number of benzene rings is 8. The molecule has 0 heterocycles. The summed E-state index contributed by atoms with van der Waals surface area (Å²) in [7, 11) is 0. The van der Waals surface area contributed by atoms with Crippen molar-refractivity contribution in [1.29, 1.82) is 0 Å². The number of rotatable bonds is 4. The van der Waals surface area contributed by atoms with Gasteiger partial charge >= 0.3 is 0 Å². The highest BCUT2D eigenvalue weighted by molar-refractivity contribution is 6.33. The molecule has 0 saturated carbocycles. The van der Waals surface area contributed by atoms with Crippen molar-refractivity contribution in [3.8, 4) is 33.4 Å². The maximum absolute atomic E-state index is 7.08. The van der Waals surface area contributed by atoms with E-state index in [1.54, 1.807) is 0 Å². The molecule has 0 nitrogen and oxygen atoms in total. The Bertz CT molecular complexity index is 2360. The molecule has 216 valence electrons. The zero-order valence-corrected chi connectivity index (χ0v) is 25.9. The highest BCUT2D eigenvalue weighted by atomic mass is 35.5. The van der Waals surface area contributed by atoms with Crippen LogP contribution < -0.4 is 0 Å². The van der Waals surface area contributed by atoms with Gasteiger partial charge in [0.1, 0.15) is 0 Å². The van der Waals surface area contributed by atoms with Crippen LogP contribution in [0.15, 0.2) is 176 Å². The molecule has 0 fully saturated rings. The SMILES string of the molecule is Clc1ccc(-c2ccccc2)cc1-c1cccc2c1-c1ccccc1C2(c1ccc2ccccc2c1)c1ccc2ccccc2c1. The lowest BCUT2D eigenvalue weighted by atomic mass is 9.67. The van der Waals surface area contributed by atoms with E-state index >= 15 is 0 Å². The average molecular weight is 605 g/mol. The van der Waals surface area contributed by atoms with Crippen molar-refractivity contribution >= 4 is 33.1 Å². The van der Waals surface area contributed by atoms with Gasteiger partial charge in [-0.2, -0.15) is 0 Å². The third kappa shape index (κ3) is 4.01. The van der Waals surface area contributed by atoms with Crippen molar-refractivity contribution in [3.05, 3.63) is 203 Å². The smallest absolute Gasteiger partial charge is 0.0714 e. The first-order valence-corrected chi connectivity index (χ1v) is 16.2. The molecule has 0 spiro atoms. The predicted octanol–water partition coefficient (Wildman–Crippen LogP) is 12.3. The quantitative estimate of drug-likeness (QED) is 0.187. The van der Waals surface area contributed by atoms with E-state index in [9.17, 15) is 0 Å². The first-order valence-electron chi connectivity index (χ1n) is 15.8. The molecule has 9 rings (SSSR count). The highest BCUT2D eigenvalue weighted by Crippen LogP contribution is 2.59. The van der Waals surface area contributed by atoms with Crippen molar-refractivity contribution < 1.29 is 0 Å². The van der Waals surface area contributed by atoms with E-state index in [4.69, 9.17) is 11.6 Å². The molecule has 0 amide bonds. The average Bonchev–Trinajstić information content (AvgIpc) is 3.43. The Labute approximate surface area is 274 Å².